The number of benzene rings is 1. The molecule has 2 heterocycles. The molecule has 1 saturated heterocycles. The van der Waals surface area contributed by atoms with Gasteiger partial charge in [0.2, 0.25) is 0 Å². The molecule has 0 saturated carbocycles. The number of imide groups is 1. The van der Waals surface area contributed by atoms with Gasteiger partial charge in [0.15, 0.2) is 0 Å². The quantitative estimate of drug-likeness (QED) is 0.511. The Hall–Kier alpha value is -0.830. The average molecular weight is 453 g/mol. The molecule has 22 heavy (non-hydrogen) atoms. The molecule has 8 heteroatoms. The third-order valence-electron chi connectivity index (χ3n) is 3.49. The van der Waals surface area contributed by atoms with Crippen LogP contribution in [0.2, 0.25) is 10.0 Å². The predicted molar refractivity (Wildman–Crippen MR) is 92.4 cm³/mol. The third-order valence-corrected chi connectivity index (χ3v) is 5.20. The van der Waals surface area contributed by atoms with Gasteiger partial charge in [-0.25, -0.2) is 4.90 Å². The number of rotatable bonds is 2. The maximum Gasteiger partial charge on any atom is 0.282 e. The summed E-state index contributed by atoms with van der Waals surface area (Å²) in [5, 5.41) is 0.676. The van der Waals surface area contributed by atoms with Crippen molar-refractivity contribution >= 4 is 63.3 Å². The Bertz CT molecular complexity index is 687. The Morgan fingerprint density at radius 1 is 1.05 bits per heavy atom. The van der Waals surface area contributed by atoms with Crippen LogP contribution in [0.4, 0.5) is 5.69 Å². The Morgan fingerprint density at radius 3 is 2.36 bits per heavy atom. The Labute approximate surface area is 150 Å². The fourth-order valence-corrected chi connectivity index (χ4v) is 3.52. The van der Waals surface area contributed by atoms with E-state index in [1.54, 1.807) is 12.1 Å². The molecule has 0 aliphatic carbocycles. The van der Waals surface area contributed by atoms with Crippen molar-refractivity contribution in [3.63, 3.8) is 0 Å². The van der Waals surface area contributed by atoms with Crippen LogP contribution < -0.4 is 4.90 Å². The van der Waals surface area contributed by atoms with Crippen LogP contribution in [0, 0.1) is 0 Å². The molecule has 2 aliphatic heterocycles. The van der Waals surface area contributed by atoms with Crippen molar-refractivity contribution in [1.82, 2.24) is 4.90 Å². The molecule has 3 rings (SSSR count). The fraction of sp³-hybridized carbons (Fsp3) is 0.286. The normalized spacial score (nSPS) is 19.4. The molecule has 2 amide bonds. The lowest BCUT2D eigenvalue weighted by Crippen LogP contribution is -2.40. The summed E-state index contributed by atoms with van der Waals surface area (Å²) in [6, 6.07) is 4.70. The standard InChI is InChI=1S/C14H11Cl2IN2O3/c15-9-2-1-8(7-10(9)16)19-13(20)11(17)12(14(19)21)18-3-5-22-6-4-18/h1-2,7H,3-6H2. The Kier molecular flexibility index (Phi) is 4.63. The van der Waals surface area contributed by atoms with Gasteiger partial charge >= 0.3 is 0 Å². The molecule has 0 spiro atoms. The molecule has 0 unspecified atom stereocenters. The largest absolute Gasteiger partial charge is 0.378 e. The number of ether oxygens (including phenoxy) is 1. The van der Waals surface area contributed by atoms with Gasteiger partial charge in [-0.15, -0.1) is 0 Å². The van der Waals surface area contributed by atoms with Crippen LogP contribution in [0.25, 0.3) is 0 Å². The maximum atomic E-state index is 12.7. The summed E-state index contributed by atoms with van der Waals surface area (Å²) in [5.74, 6) is -0.680. The molecule has 116 valence electrons. The van der Waals surface area contributed by atoms with Gasteiger partial charge in [0.05, 0.1) is 28.9 Å². The van der Waals surface area contributed by atoms with Crippen LogP contribution in [0.3, 0.4) is 0 Å². The molecular weight excluding hydrogens is 442 g/mol. The lowest BCUT2D eigenvalue weighted by atomic mass is 10.3. The minimum Gasteiger partial charge on any atom is -0.378 e. The zero-order chi connectivity index (χ0) is 15.9. The highest BCUT2D eigenvalue weighted by molar-refractivity contribution is 14.1. The highest BCUT2D eigenvalue weighted by atomic mass is 127. The van der Waals surface area contributed by atoms with Gasteiger partial charge in [0, 0.05) is 13.1 Å². The smallest absolute Gasteiger partial charge is 0.282 e. The van der Waals surface area contributed by atoms with Gasteiger partial charge in [0.25, 0.3) is 11.8 Å². The first kappa shape index (κ1) is 16.0. The zero-order valence-electron chi connectivity index (χ0n) is 11.3. The third kappa shape index (κ3) is 2.73. The van der Waals surface area contributed by atoms with E-state index in [9.17, 15) is 9.59 Å². The van der Waals surface area contributed by atoms with E-state index in [1.165, 1.54) is 6.07 Å². The molecule has 0 aromatic heterocycles. The van der Waals surface area contributed by atoms with E-state index in [4.69, 9.17) is 27.9 Å². The van der Waals surface area contributed by atoms with E-state index in [0.29, 0.717) is 51.3 Å². The molecule has 5 nitrogen and oxygen atoms in total. The summed E-state index contributed by atoms with van der Waals surface area (Å²) in [4.78, 5) is 28.2. The van der Waals surface area contributed by atoms with Gasteiger partial charge < -0.3 is 9.64 Å². The van der Waals surface area contributed by atoms with Crippen molar-refractivity contribution in [2.45, 2.75) is 0 Å². The molecule has 1 aromatic rings. The van der Waals surface area contributed by atoms with E-state index >= 15 is 0 Å². The summed E-state index contributed by atoms with van der Waals surface area (Å²) < 4.78 is 5.70. The second-order valence-electron chi connectivity index (χ2n) is 4.81. The molecule has 1 aromatic carbocycles. The second kappa shape index (κ2) is 6.35. The number of nitrogens with zero attached hydrogens (tertiary/aromatic N) is 2. The summed E-state index contributed by atoms with van der Waals surface area (Å²) >= 11 is 13.8. The van der Waals surface area contributed by atoms with Crippen molar-refractivity contribution in [3.05, 3.63) is 37.5 Å². The molecule has 0 N–H and O–H groups in total. The molecule has 0 radical (unpaired) electrons. The Morgan fingerprint density at radius 2 is 1.73 bits per heavy atom. The van der Waals surface area contributed by atoms with Crippen LogP contribution in [-0.4, -0.2) is 43.0 Å². The average Bonchev–Trinajstić information content (AvgIpc) is 2.73. The van der Waals surface area contributed by atoms with Crippen molar-refractivity contribution in [1.29, 1.82) is 0 Å². The SMILES string of the molecule is O=C1C(I)=C(N2CCOCC2)C(=O)N1c1ccc(Cl)c(Cl)c1. The van der Waals surface area contributed by atoms with E-state index in [2.05, 4.69) is 0 Å². The van der Waals surface area contributed by atoms with E-state index in [0.717, 1.165) is 4.90 Å². The minimum absolute atomic E-state index is 0.301. The molecule has 0 atom stereocenters. The van der Waals surface area contributed by atoms with Crippen molar-refractivity contribution in [2.75, 3.05) is 31.2 Å². The van der Waals surface area contributed by atoms with Crippen molar-refractivity contribution in [3.8, 4) is 0 Å². The predicted octanol–water partition coefficient (Wildman–Crippen LogP) is 2.85. The number of anilines is 1. The van der Waals surface area contributed by atoms with Crippen LogP contribution in [0.15, 0.2) is 27.5 Å². The molecule has 1 fully saturated rings. The number of carbonyl (C=O) groups is 2. The minimum atomic E-state index is -0.342. The number of hydrogen-bond donors (Lipinski definition) is 0. The second-order valence-corrected chi connectivity index (χ2v) is 6.70. The summed E-state index contributed by atoms with van der Waals surface area (Å²) in [7, 11) is 0. The van der Waals surface area contributed by atoms with Gasteiger partial charge in [-0.2, -0.15) is 0 Å². The highest BCUT2D eigenvalue weighted by Crippen LogP contribution is 2.35. The molecule has 2 aliphatic rings. The number of carbonyl (C=O) groups excluding carboxylic acids is 2. The monoisotopic (exact) mass is 452 g/mol. The first-order valence-corrected chi connectivity index (χ1v) is 8.40. The van der Waals surface area contributed by atoms with Crippen molar-refractivity contribution < 1.29 is 14.3 Å². The van der Waals surface area contributed by atoms with Crippen LogP contribution in [0.5, 0.6) is 0 Å². The summed E-state index contributed by atoms with van der Waals surface area (Å²) in [5.41, 5.74) is 0.849. The number of morpholine rings is 1. The highest BCUT2D eigenvalue weighted by Gasteiger charge is 2.41. The fourth-order valence-electron chi connectivity index (χ4n) is 2.41. The lowest BCUT2D eigenvalue weighted by molar-refractivity contribution is -0.121. The summed E-state index contributed by atoms with van der Waals surface area (Å²) in [6.45, 7) is 2.27. The summed E-state index contributed by atoms with van der Waals surface area (Å²) in [6.07, 6.45) is 0. The first-order valence-electron chi connectivity index (χ1n) is 6.57. The molecule has 0 bridgehead atoms. The van der Waals surface area contributed by atoms with Gasteiger partial charge in [-0.1, -0.05) is 23.2 Å². The zero-order valence-corrected chi connectivity index (χ0v) is 15.0. The van der Waals surface area contributed by atoms with E-state index in [1.807, 2.05) is 27.5 Å². The van der Waals surface area contributed by atoms with Crippen LogP contribution in [0.1, 0.15) is 0 Å². The first-order chi connectivity index (χ1) is 10.5. The van der Waals surface area contributed by atoms with Gasteiger partial charge in [0.1, 0.15) is 9.28 Å². The van der Waals surface area contributed by atoms with Gasteiger partial charge in [-0.3, -0.25) is 9.59 Å². The van der Waals surface area contributed by atoms with Crippen LogP contribution >= 0.6 is 45.8 Å². The topological polar surface area (TPSA) is 49.9 Å². The van der Waals surface area contributed by atoms with E-state index < -0.39 is 0 Å². The van der Waals surface area contributed by atoms with E-state index in [-0.39, 0.29) is 11.8 Å². The number of amides is 2. The number of hydrogen-bond acceptors (Lipinski definition) is 4. The Balaban J connectivity index is 1.94. The lowest BCUT2D eigenvalue weighted by Gasteiger charge is -2.29. The van der Waals surface area contributed by atoms with Crippen LogP contribution in [-0.2, 0) is 14.3 Å². The maximum absolute atomic E-state index is 12.7. The molecular formula is C14H11Cl2IN2O3. The number of halogens is 3. The van der Waals surface area contributed by atoms with Crippen molar-refractivity contribution in [2.24, 2.45) is 0 Å². The van der Waals surface area contributed by atoms with Gasteiger partial charge in [-0.05, 0) is 40.8 Å².